The molecule has 0 amide bonds. The van der Waals surface area contributed by atoms with Crippen molar-refractivity contribution in [3.8, 4) is 5.75 Å². The standard InChI is InChI=1S/C15H20N4O2/c1-21-12-2-3-13-14(10-12)16-11-17-15(13)19-6-4-18(5-7-19)8-9-20/h2-3,10-11,20H,4-9H2,1H3. The fourth-order valence-corrected chi connectivity index (χ4v) is 2.73. The first-order valence-corrected chi connectivity index (χ1v) is 7.18. The van der Waals surface area contributed by atoms with Gasteiger partial charge in [-0.3, -0.25) is 4.90 Å². The third-order valence-corrected chi connectivity index (χ3v) is 3.91. The first-order valence-electron chi connectivity index (χ1n) is 7.18. The predicted octanol–water partition coefficient (Wildman–Crippen LogP) is 0.753. The van der Waals surface area contributed by atoms with Crippen molar-refractivity contribution in [2.45, 2.75) is 0 Å². The normalized spacial score (nSPS) is 16.4. The van der Waals surface area contributed by atoms with E-state index in [0.29, 0.717) is 0 Å². The summed E-state index contributed by atoms with van der Waals surface area (Å²) in [5, 5.41) is 10.1. The van der Waals surface area contributed by atoms with Crippen LogP contribution in [0.4, 0.5) is 5.82 Å². The lowest BCUT2D eigenvalue weighted by Gasteiger charge is -2.35. The van der Waals surface area contributed by atoms with E-state index >= 15 is 0 Å². The van der Waals surface area contributed by atoms with Gasteiger partial charge in [0.1, 0.15) is 17.9 Å². The molecule has 1 aromatic carbocycles. The van der Waals surface area contributed by atoms with Gasteiger partial charge in [-0.2, -0.15) is 0 Å². The maximum absolute atomic E-state index is 9.00. The second-order valence-corrected chi connectivity index (χ2v) is 5.13. The highest BCUT2D eigenvalue weighted by Crippen LogP contribution is 2.26. The fraction of sp³-hybridized carbons (Fsp3) is 0.467. The molecule has 3 rings (SSSR count). The highest BCUT2D eigenvalue weighted by Gasteiger charge is 2.19. The average Bonchev–Trinajstić information content (AvgIpc) is 2.55. The average molecular weight is 288 g/mol. The van der Waals surface area contributed by atoms with Crippen molar-refractivity contribution in [2.24, 2.45) is 0 Å². The molecular weight excluding hydrogens is 268 g/mol. The summed E-state index contributed by atoms with van der Waals surface area (Å²) in [7, 11) is 1.66. The van der Waals surface area contributed by atoms with Crippen LogP contribution in [0.3, 0.4) is 0 Å². The number of fused-ring (bicyclic) bond motifs is 1. The van der Waals surface area contributed by atoms with Crippen LogP contribution in [0.15, 0.2) is 24.5 Å². The molecule has 0 spiro atoms. The number of aliphatic hydroxyl groups is 1. The van der Waals surface area contributed by atoms with Gasteiger partial charge in [0.2, 0.25) is 0 Å². The van der Waals surface area contributed by atoms with Crippen molar-refractivity contribution in [3.05, 3.63) is 24.5 Å². The molecule has 1 aliphatic heterocycles. The van der Waals surface area contributed by atoms with Crippen molar-refractivity contribution in [1.29, 1.82) is 0 Å². The van der Waals surface area contributed by atoms with Crippen LogP contribution in [0.2, 0.25) is 0 Å². The molecule has 1 saturated heterocycles. The van der Waals surface area contributed by atoms with E-state index < -0.39 is 0 Å². The zero-order valence-corrected chi connectivity index (χ0v) is 12.2. The smallest absolute Gasteiger partial charge is 0.139 e. The van der Waals surface area contributed by atoms with Gasteiger partial charge in [0.25, 0.3) is 0 Å². The van der Waals surface area contributed by atoms with Gasteiger partial charge in [0.15, 0.2) is 0 Å². The number of rotatable bonds is 4. The van der Waals surface area contributed by atoms with Crippen molar-refractivity contribution in [3.63, 3.8) is 0 Å². The maximum atomic E-state index is 9.00. The Labute approximate surface area is 124 Å². The summed E-state index contributed by atoms with van der Waals surface area (Å²) in [6.07, 6.45) is 1.61. The van der Waals surface area contributed by atoms with E-state index in [1.165, 1.54) is 0 Å². The molecule has 0 radical (unpaired) electrons. The van der Waals surface area contributed by atoms with E-state index in [9.17, 15) is 0 Å². The third-order valence-electron chi connectivity index (χ3n) is 3.91. The van der Waals surface area contributed by atoms with Crippen molar-refractivity contribution < 1.29 is 9.84 Å². The molecule has 2 aromatic rings. The summed E-state index contributed by atoms with van der Waals surface area (Å²) >= 11 is 0. The molecule has 1 aliphatic rings. The predicted molar refractivity (Wildman–Crippen MR) is 81.8 cm³/mol. The van der Waals surface area contributed by atoms with Gasteiger partial charge in [-0.25, -0.2) is 9.97 Å². The molecule has 1 fully saturated rings. The van der Waals surface area contributed by atoms with Crippen LogP contribution in [0.5, 0.6) is 5.75 Å². The van der Waals surface area contributed by atoms with Crippen molar-refractivity contribution in [2.75, 3.05) is 51.3 Å². The second kappa shape index (κ2) is 6.24. The Morgan fingerprint density at radius 3 is 2.71 bits per heavy atom. The Morgan fingerprint density at radius 2 is 2.00 bits per heavy atom. The summed E-state index contributed by atoms with van der Waals surface area (Å²) in [6, 6.07) is 5.89. The van der Waals surface area contributed by atoms with Crippen LogP contribution >= 0.6 is 0 Å². The van der Waals surface area contributed by atoms with Gasteiger partial charge in [-0.15, -0.1) is 0 Å². The topological polar surface area (TPSA) is 61.7 Å². The molecule has 21 heavy (non-hydrogen) atoms. The molecule has 6 nitrogen and oxygen atoms in total. The Hall–Kier alpha value is -1.92. The zero-order valence-electron chi connectivity index (χ0n) is 12.2. The first kappa shape index (κ1) is 14.0. The molecule has 1 N–H and O–H groups in total. The number of aliphatic hydroxyl groups excluding tert-OH is 1. The summed E-state index contributed by atoms with van der Waals surface area (Å²) in [5.41, 5.74) is 0.900. The van der Waals surface area contributed by atoms with Gasteiger partial charge in [-0.1, -0.05) is 0 Å². The molecular formula is C15H20N4O2. The Morgan fingerprint density at radius 1 is 1.19 bits per heavy atom. The Bertz CT molecular complexity index is 612. The first-order chi connectivity index (χ1) is 10.3. The summed E-state index contributed by atoms with van der Waals surface area (Å²) in [5.74, 6) is 1.78. The molecule has 0 bridgehead atoms. The van der Waals surface area contributed by atoms with Gasteiger partial charge in [0, 0.05) is 44.2 Å². The third kappa shape index (κ3) is 2.91. The molecule has 6 heteroatoms. The van der Waals surface area contributed by atoms with Gasteiger partial charge >= 0.3 is 0 Å². The molecule has 0 unspecified atom stereocenters. The fourth-order valence-electron chi connectivity index (χ4n) is 2.73. The lowest BCUT2D eigenvalue weighted by molar-refractivity contribution is 0.188. The molecule has 0 aliphatic carbocycles. The van der Waals surface area contributed by atoms with Crippen LogP contribution in [-0.4, -0.2) is 66.4 Å². The number of ether oxygens (including phenoxy) is 1. The second-order valence-electron chi connectivity index (χ2n) is 5.13. The van der Waals surface area contributed by atoms with E-state index in [2.05, 4.69) is 19.8 Å². The number of piperazine rings is 1. The van der Waals surface area contributed by atoms with E-state index in [1.54, 1.807) is 13.4 Å². The lowest BCUT2D eigenvalue weighted by atomic mass is 10.2. The quantitative estimate of drug-likeness (QED) is 0.896. The molecule has 0 saturated carbocycles. The van der Waals surface area contributed by atoms with Crippen LogP contribution in [0.25, 0.3) is 10.9 Å². The van der Waals surface area contributed by atoms with Crippen LogP contribution in [0, 0.1) is 0 Å². The van der Waals surface area contributed by atoms with E-state index in [0.717, 1.165) is 55.2 Å². The number of benzene rings is 1. The van der Waals surface area contributed by atoms with Crippen LogP contribution in [0.1, 0.15) is 0 Å². The Kier molecular flexibility index (Phi) is 4.17. The number of β-amino-alcohol motifs (C(OH)–C–C–N with tert-alkyl or cyclic N) is 1. The Balaban J connectivity index is 1.84. The van der Waals surface area contributed by atoms with Gasteiger partial charge in [0.05, 0.1) is 19.2 Å². The number of methoxy groups -OCH3 is 1. The van der Waals surface area contributed by atoms with E-state index in [1.807, 2.05) is 18.2 Å². The highest BCUT2D eigenvalue weighted by molar-refractivity contribution is 5.90. The molecule has 0 atom stereocenters. The minimum Gasteiger partial charge on any atom is -0.497 e. The van der Waals surface area contributed by atoms with E-state index in [-0.39, 0.29) is 6.61 Å². The van der Waals surface area contributed by atoms with Crippen LogP contribution < -0.4 is 9.64 Å². The number of anilines is 1. The number of aromatic nitrogens is 2. The minimum atomic E-state index is 0.218. The summed E-state index contributed by atoms with van der Waals surface area (Å²) in [6.45, 7) is 4.69. The monoisotopic (exact) mass is 288 g/mol. The highest BCUT2D eigenvalue weighted by atomic mass is 16.5. The van der Waals surface area contributed by atoms with Crippen molar-refractivity contribution in [1.82, 2.24) is 14.9 Å². The van der Waals surface area contributed by atoms with Crippen molar-refractivity contribution >= 4 is 16.7 Å². The number of hydrogen-bond donors (Lipinski definition) is 1. The minimum absolute atomic E-state index is 0.218. The lowest BCUT2D eigenvalue weighted by Crippen LogP contribution is -2.47. The van der Waals surface area contributed by atoms with Gasteiger partial charge in [-0.05, 0) is 12.1 Å². The van der Waals surface area contributed by atoms with Crippen LogP contribution in [-0.2, 0) is 0 Å². The summed E-state index contributed by atoms with van der Waals surface area (Å²) < 4.78 is 5.24. The largest absolute Gasteiger partial charge is 0.497 e. The molecule has 2 heterocycles. The zero-order chi connectivity index (χ0) is 14.7. The summed E-state index contributed by atoms with van der Waals surface area (Å²) in [4.78, 5) is 13.3. The molecule has 112 valence electrons. The van der Waals surface area contributed by atoms with Gasteiger partial charge < -0.3 is 14.7 Å². The maximum Gasteiger partial charge on any atom is 0.139 e. The van der Waals surface area contributed by atoms with E-state index in [4.69, 9.17) is 9.84 Å². The number of nitrogens with zero attached hydrogens (tertiary/aromatic N) is 4. The number of hydrogen-bond acceptors (Lipinski definition) is 6. The SMILES string of the molecule is COc1ccc2c(N3CCN(CCO)CC3)ncnc2c1. The molecule has 1 aromatic heterocycles.